The molecule has 0 radical (unpaired) electrons. The number of para-hydroxylation sites is 1. The van der Waals surface area contributed by atoms with Gasteiger partial charge < -0.3 is 19.5 Å². The molecule has 0 saturated carbocycles. The maximum absolute atomic E-state index is 11.9. The molecule has 0 fully saturated rings. The van der Waals surface area contributed by atoms with Crippen molar-refractivity contribution < 1.29 is 28.6 Å². The monoisotopic (exact) mass is 371 g/mol. The van der Waals surface area contributed by atoms with Gasteiger partial charge in [-0.2, -0.15) is 0 Å². The molecule has 27 heavy (non-hydrogen) atoms. The molecule has 1 N–H and O–H groups in total. The number of hydrogen-bond acceptors (Lipinski definition) is 6. The van der Waals surface area contributed by atoms with Crippen molar-refractivity contribution in [2.24, 2.45) is 0 Å². The van der Waals surface area contributed by atoms with Crippen LogP contribution in [0.3, 0.4) is 0 Å². The van der Waals surface area contributed by atoms with Crippen LogP contribution in [0.2, 0.25) is 0 Å². The number of nitrogens with one attached hydrogen (secondary N) is 1. The van der Waals surface area contributed by atoms with Crippen LogP contribution in [0.4, 0.5) is 5.69 Å². The van der Waals surface area contributed by atoms with Crippen LogP contribution < -0.4 is 10.1 Å². The van der Waals surface area contributed by atoms with Gasteiger partial charge in [-0.15, -0.1) is 0 Å². The van der Waals surface area contributed by atoms with E-state index in [-0.39, 0.29) is 6.61 Å². The highest BCUT2D eigenvalue weighted by Crippen LogP contribution is 2.12. The van der Waals surface area contributed by atoms with E-state index in [1.54, 1.807) is 50.2 Å². The zero-order valence-corrected chi connectivity index (χ0v) is 15.1. The lowest BCUT2D eigenvalue weighted by Gasteiger charge is -2.14. The number of carbonyl (C=O) groups excluding carboxylic acids is 3. The Morgan fingerprint density at radius 3 is 2.26 bits per heavy atom. The number of esters is 2. The summed E-state index contributed by atoms with van der Waals surface area (Å²) in [5.74, 6) is -1.05. The largest absolute Gasteiger partial charge is 0.479 e. The normalized spacial score (nSPS) is 11.2. The molecule has 0 aliphatic rings. The number of benzene rings is 2. The van der Waals surface area contributed by atoms with Gasteiger partial charge in [0.25, 0.3) is 5.91 Å². The van der Waals surface area contributed by atoms with Crippen molar-refractivity contribution in [1.82, 2.24) is 0 Å². The molecule has 0 aliphatic heterocycles. The first kappa shape index (κ1) is 20.0. The Hall–Kier alpha value is -3.35. The van der Waals surface area contributed by atoms with Crippen LogP contribution in [0, 0.1) is 0 Å². The third-order valence-corrected chi connectivity index (χ3v) is 3.41. The summed E-state index contributed by atoms with van der Waals surface area (Å²) in [5, 5.41) is 2.57. The molecule has 0 aromatic heterocycles. The molecule has 142 valence electrons. The summed E-state index contributed by atoms with van der Waals surface area (Å²) in [6.07, 6.45) is -0.843. The fourth-order valence-electron chi connectivity index (χ4n) is 2.11. The van der Waals surface area contributed by atoms with Gasteiger partial charge in [-0.3, -0.25) is 4.79 Å². The average Bonchev–Trinajstić information content (AvgIpc) is 2.67. The van der Waals surface area contributed by atoms with Gasteiger partial charge in [-0.1, -0.05) is 18.2 Å². The first-order valence-corrected chi connectivity index (χ1v) is 8.45. The maximum Gasteiger partial charge on any atom is 0.347 e. The summed E-state index contributed by atoms with van der Waals surface area (Å²) in [6, 6.07) is 15.0. The van der Waals surface area contributed by atoms with Gasteiger partial charge in [0.1, 0.15) is 5.75 Å². The zero-order chi connectivity index (χ0) is 19.6. The second-order valence-corrected chi connectivity index (χ2v) is 5.53. The second-order valence-electron chi connectivity index (χ2n) is 5.53. The van der Waals surface area contributed by atoms with E-state index in [2.05, 4.69) is 5.32 Å². The molecule has 0 heterocycles. The third-order valence-electron chi connectivity index (χ3n) is 3.41. The summed E-state index contributed by atoms with van der Waals surface area (Å²) in [7, 11) is 0. The summed E-state index contributed by atoms with van der Waals surface area (Å²) in [4.78, 5) is 35.4. The minimum atomic E-state index is -0.843. The molecule has 0 bridgehead atoms. The molecule has 7 nitrogen and oxygen atoms in total. The molecule has 0 aliphatic carbocycles. The van der Waals surface area contributed by atoms with Crippen molar-refractivity contribution in [2.45, 2.75) is 20.0 Å². The van der Waals surface area contributed by atoms with Gasteiger partial charge >= 0.3 is 11.9 Å². The molecule has 0 saturated heterocycles. The predicted octanol–water partition coefficient (Wildman–Crippen LogP) is 2.81. The minimum Gasteiger partial charge on any atom is -0.479 e. The molecular formula is C20H21NO6. The smallest absolute Gasteiger partial charge is 0.347 e. The Balaban J connectivity index is 1.78. The lowest BCUT2D eigenvalue weighted by Crippen LogP contribution is -2.29. The first-order chi connectivity index (χ1) is 13.0. The standard InChI is InChI=1S/C20H21NO6/c1-3-25-20(24)15-9-11-16(12-10-15)21-18(22)13-26-19(23)14(2)27-17-7-5-4-6-8-17/h4-12,14H,3,13H2,1-2H3,(H,21,22)/t14-/m0/s1. The predicted molar refractivity (Wildman–Crippen MR) is 98.5 cm³/mol. The Morgan fingerprint density at radius 1 is 0.963 bits per heavy atom. The van der Waals surface area contributed by atoms with E-state index in [9.17, 15) is 14.4 Å². The molecule has 0 spiro atoms. The number of ether oxygens (including phenoxy) is 3. The van der Waals surface area contributed by atoms with E-state index >= 15 is 0 Å². The average molecular weight is 371 g/mol. The Labute approximate surface area is 157 Å². The van der Waals surface area contributed by atoms with Crippen LogP contribution in [-0.4, -0.2) is 37.2 Å². The van der Waals surface area contributed by atoms with Crippen molar-refractivity contribution in [1.29, 1.82) is 0 Å². The number of rotatable bonds is 8. The van der Waals surface area contributed by atoms with Crippen molar-refractivity contribution in [3.63, 3.8) is 0 Å². The van der Waals surface area contributed by atoms with E-state index < -0.39 is 30.6 Å². The van der Waals surface area contributed by atoms with Crippen molar-refractivity contribution in [2.75, 3.05) is 18.5 Å². The highest BCUT2D eigenvalue weighted by molar-refractivity contribution is 5.94. The fourth-order valence-corrected chi connectivity index (χ4v) is 2.11. The van der Waals surface area contributed by atoms with Gasteiger partial charge in [-0.25, -0.2) is 9.59 Å². The van der Waals surface area contributed by atoms with Gasteiger partial charge in [0.05, 0.1) is 12.2 Å². The van der Waals surface area contributed by atoms with Crippen LogP contribution in [0.5, 0.6) is 5.75 Å². The summed E-state index contributed by atoms with van der Waals surface area (Å²) < 4.78 is 15.3. The maximum atomic E-state index is 11.9. The van der Waals surface area contributed by atoms with E-state index in [1.807, 2.05) is 6.07 Å². The van der Waals surface area contributed by atoms with Crippen LogP contribution >= 0.6 is 0 Å². The second kappa shape index (κ2) is 9.96. The van der Waals surface area contributed by atoms with E-state index in [1.165, 1.54) is 12.1 Å². The van der Waals surface area contributed by atoms with Crippen LogP contribution in [0.1, 0.15) is 24.2 Å². The Kier molecular flexibility index (Phi) is 7.37. The molecule has 1 amide bonds. The van der Waals surface area contributed by atoms with Crippen LogP contribution in [0.25, 0.3) is 0 Å². The SMILES string of the molecule is CCOC(=O)c1ccc(NC(=O)COC(=O)[C@H](C)Oc2ccccc2)cc1. The molecule has 2 aromatic rings. The zero-order valence-electron chi connectivity index (χ0n) is 15.1. The third kappa shape index (κ3) is 6.47. The van der Waals surface area contributed by atoms with Gasteiger partial charge in [0, 0.05) is 5.69 Å². The molecule has 1 atom stereocenters. The van der Waals surface area contributed by atoms with Crippen LogP contribution in [-0.2, 0) is 19.1 Å². The molecule has 0 unspecified atom stereocenters. The Bertz CT molecular complexity index is 773. The summed E-state index contributed by atoms with van der Waals surface area (Å²) in [6.45, 7) is 3.11. The van der Waals surface area contributed by atoms with Crippen molar-refractivity contribution in [3.8, 4) is 5.75 Å². The van der Waals surface area contributed by atoms with Gasteiger partial charge in [0.15, 0.2) is 12.7 Å². The highest BCUT2D eigenvalue weighted by Gasteiger charge is 2.18. The highest BCUT2D eigenvalue weighted by atomic mass is 16.6. The number of hydrogen-bond donors (Lipinski definition) is 1. The lowest BCUT2D eigenvalue weighted by atomic mass is 10.2. The van der Waals surface area contributed by atoms with Crippen LogP contribution in [0.15, 0.2) is 54.6 Å². The van der Waals surface area contributed by atoms with Crippen molar-refractivity contribution >= 4 is 23.5 Å². The first-order valence-electron chi connectivity index (χ1n) is 8.45. The van der Waals surface area contributed by atoms with E-state index in [0.29, 0.717) is 17.0 Å². The molecule has 2 aromatic carbocycles. The summed E-state index contributed by atoms with van der Waals surface area (Å²) in [5.41, 5.74) is 0.853. The quantitative estimate of drug-likeness (QED) is 0.718. The minimum absolute atomic E-state index is 0.287. The number of amides is 1. The number of carbonyl (C=O) groups is 3. The fraction of sp³-hybridized carbons (Fsp3) is 0.250. The van der Waals surface area contributed by atoms with E-state index in [0.717, 1.165) is 0 Å². The van der Waals surface area contributed by atoms with Gasteiger partial charge in [0.2, 0.25) is 0 Å². The number of anilines is 1. The lowest BCUT2D eigenvalue weighted by molar-refractivity contribution is -0.153. The molecular weight excluding hydrogens is 350 g/mol. The van der Waals surface area contributed by atoms with Gasteiger partial charge in [-0.05, 0) is 50.2 Å². The molecule has 7 heteroatoms. The Morgan fingerprint density at radius 2 is 1.63 bits per heavy atom. The topological polar surface area (TPSA) is 90.9 Å². The van der Waals surface area contributed by atoms with Crippen molar-refractivity contribution in [3.05, 3.63) is 60.2 Å². The summed E-state index contributed by atoms with van der Waals surface area (Å²) >= 11 is 0. The molecule has 2 rings (SSSR count). The van der Waals surface area contributed by atoms with E-state index in [4.69, 9.17) is 14.2 Å².